The smallest absolute Gasteiger partial charge is 0.338 e. The zero-order valence-electron chi connectivity index (χ0n) is 23.6. The van der Waals surface area contributed by atoms with E-state index < -0.39 is 12.0 Å². The van der Waals surface area contributed by atoms with Crippen molar-refractivity contribution in [1.29, 1.82) is 0 Å². The minimum Gasteiger partial charge on any atom is -0.493 e. The average Bonchev–Trinajstić information content (AvgIpc) is 3.23. The first-order valence-electron chi connectivity index (χ1n) is 12.9. The highest BCUT2D eigenvalue weighted by atomic mass is 35.5. The Bertz CT molecular complexity index is 1520. The topological polar surface area (TPSA) is 109 Å². The lowest BCUT2D eigenvalue weighted by atomic mass is 9.91. The Morgan fingerprint density at radius 3 is 2.20 bits per heavy atom. The molecule has 41 heavy (non-hydrogen) atoms. The van der Waals surface area contributed by atoms with Crippen molar-refractivity contribution in [2.45, 2.75) is 38.3 Å². The molecule has 9 nitrogen and oxygen atoms in total. The molecule has 4 rings (SSSR count). The van der Waals surface area contributed by atoms with Gasteiger partial charge >= 0.3 is 5.97 Å². The first-order valence-corrected chi connectivity index (χ1v) is 13.5. The summed E-state index contributed by atoms with van der Waals surface area (Å²) in [4.78, 5) is 38.2. The lowest BCUT2D eigenvalue weighted by Crippen LogP contribution is -2.26. The van der Waals surface area contributed by atoms with E-state index in [1.165, 1.54) is 41.4 Å². The van der Waals surface area contributed by atoms with Crippen LogP contribution in [-0.4, -0.2) is 40.3 Å². The van der Waals surface area contributed by atoms with Crippen LogP contribution in [0.3, 0.4) is 0 Å². The van der Waals surface area contributed by atoms with Crippen molar-refractivity contribution in [2.75, 3.05) is 28.4 Å². The molecule has 1 amide bonds. The molecule has 0 heterocycles. The predicted octanol–water partition coefficient (Wildman–Crippen LogP) is 4.97. The highest BCUT2D eigenvalue weighted by Gasteiger charge is 2.33. The number of rotatable bonds is 9. The number of nitrogens with one attached hydrogen (secondary N) is 1. The van der Waals surface area contributed by atoms with Gasteiger partial charge in [-0.3, -0.25) is 9.59 Å². The zero-order chi connectivity index (χ0) is 29.7. The highest BCUT2D eigenvalue weighted by Crippen LogP contribution is 2.52. The number of fused-ring (bicyclic) bond motifs is 3. The minimum atomic E-state index is -0.519. The molecular weight excluding hydrogens is 550 g/mol. The molecule has 0 aliphatic heterocycles. The first kappa shape index (κ1) is 29.7. The SMILES string of the molecule is COc1c(COC(=O)c2ccc(CCl)cc2)c2c(c(OC)c1OC)-c1ccc(OC)c(=O)cc1[C@H](NC(C)=O)CC2. The summed E-state index contributed by atoms with van der Waals surface area (Å²) in [6, 6.07) is 11.2. The largest absolute Gasteiger partial charge is 0.493 e. The molecule has 0 bridgehead atoms. The summed E-state index contributed by atoms with van der Waals surface area (Å²) in [5.41, 5.74) is 4.16. The Labute approximate surface area is 243 Å². The van der Waals surface area contributed by atoms with E-state index in [0.717, 1.165) is 11.1 Å². The fourth-order valence-corrected chi connectivity index (χ4v) is 5.37. The Hall–Kier alpha value is -4.24. The number of carbonyl (C=O) groups excluding carboxylic acids is 2. The summed E-state index contributed by atoms with van der Waals surface area (Å²) < 4.78 is 28.5. The van der Waals surface area contributed by atoms with Crippen LogP contribution in [0.4, 0.5) is 0 Å². The molecule has 10 heteroatoms. The van der Waals surface area contributed by atoms with E-state index in [1.807, 2.05) is 0 Å². The molecule has 1 aliphatic carbocycles. The molecule has 0 aromatic heterocycles. The van der Waals surface area contributed by atoms with Gasteiger partial charge in [0.25, 0.3) is 0 Å². The van der Waals surface area contributed by atoms with E-state index in [0.29, 0.717) is 63.8 Å². The van der Waals surface area contributed by atoms with Gasteiger partial charge in [0.2, 0.25) is 17.1 Å². The molecule has 1 aliphatic rings. The number of amides is 1. The van der Waals surface area contributed by atoms with E-state index in [9.17, 15) is 14.4 Å². The number of halogens is 1. The number of hydrogen-bond acceptors (Lipinski definition) is 8. The van der Waals surface area contributed by atoms with Gasteiger partial charge in [-0.2, -0.15) is 0 Å². The molecule has 1 N–H and O–H groups in total. The van der Waals surface area contributed by atoms with E-state index in [2.05, 4.69) is 5.32 Å². The molecule has 1 atom stereocenters. The van der Waals surface area contributed by atoms with Gasteiger partial charge in [-0.15, -0.1) is 11.6 Å². The summed E-state index contributed by atoms with van der Waals surface area (Å²) in [5.74, 6) is 0.765. The van der Waals surface area contributed by atoms with E-state index in [4.69, 9.17) is 35.3 Å². The highest BCUT2D eigenvalue weighted by molar-refractivity contribution is 6.17. The fraction of sp³-hybridized carbons (Fsp3) is 0.323. The van der Waals surface area contributed by atoms with Crippen LogP contribution in [0.5, 0.6) is 23.0 Å². The van der Waals surface area contributed by atoms with Gasteiger partial charge in [-0.25, -0.2) is 4.79 Å². The fourth-order valence-electron chi connectivity index (χ4n) is 5.19. The van der Waals surface area contributed by atoms with Crippen molar-refractivity contribution in [3.8, 4) is 34.1 Å². The summed E-state index contributed by atoms with van der Waals surface area (Å²) in [6.45, 7) is 1.30. The van der Waals surface area contributed by atoms with Gasteiger partial charge in [-0.05, 0) is 59.4 Å². The summed E-state index contributed by atoms with van der Waals surface area (Å²) in [6.07, 6.45) is 0.892. The standard InChI is InChI=1S/C31H32ClNO8/c1-17(34)33-24-12-10-21-23(16-41-31(36)19-8-6-18(15-32)7-9-19)28(38-3)30(40-5)29(39-4)27(21)20-11-13-26(37-2)25(35)14-22(20)24/h6-9,11,13-14,24H,10,12,15-16H2,1-5H3,(H,33,34)/t24-/m1/s1. The summed E-state index contributed by atoms with van der Waals surface area (Å²) in [7, 11) is 5.92. The molecule has 0 saturated carbocycles. The van der Waals surface area contributed by atoms with Crippen molar-refractivity contribution < 1.29 is 33.3 Å². The maximum atomic E-state index is 13.0. The Balaban J connectivity index is 1.94. The monoisotopic (exact) mass is 581 g/mol. The molecule has 0 saturated heterocycles. The minimum absolute atomic E-state index is 0.128. The number of carbonyl (C=O) groups is 2. The number of hydrogen-bond donors (Lipinski definition) is 1. The normalized spacial score (nSPS) is 13.7. The molecule has 3 aromatic carbocycles. The second-order valence-corrected chi connectivity index (χ2v) is 9.68. The van der Waals surface area contributed by atoms with Gasteiger partial charge in [-0.1, -0.05) is 18.2 Å². The van der Waals surface area contributed by atoms with Crippen molar-refractivity contribution in [3.63, 3.8) is 0 Å². The second-order valence-electron chi connectivity index (χ2n) is 9.41. The van der Waals surface area contributed by atoms with Crippen LogP contribution < -0.4 is 29.7 Å². The first-order chi connectivity index (χ1) is 19.8. The third-order valence-electron chi connectivity index (χ3n) is 7.05. The number of methoxy groups -OCH3 is 4. The van der Waals surface area contributed by atoms with Gasteiger partial charge in [0.1, 0.15) is 6.61 Å². The van der Waals surface area contributed by atoms with Crippen molar-refractivity contribution >= 4 is 23.5 Å². The van der Waals surface area contributed by atoms with Crippen molar-refractivity contribution in [1.82, 2.24) is 5.32 Å². The maximum absolute atomic E-state index is 13.0. The van der Waals surface area contributed by atoms with E-state index in [-0.39, 0.29) is 23.7 Å². The van der Waals surface area contributed by atoms with Crippen LogP contribution in [0.25, 0.3) is 11.1 Å². The molecular formula is C31H32ClNO8. The van der Waals surface area contributed by atoms with Crippen LogP contribution in [0, 0.1) is 0 Å². The van der Waals surface area contributed by atoms with Crippen molar-refractivity contribution in [2.24, 2.45) is 0 Å². The number of esters is 1. The predicted molar refractivity (Wildman–Crippen MR) is 154 cm³/mol. The summed E-state index contributed by atoms with van der Waals surface area (Å²) >= 11 is 5.88. The molecule has 0 spiro atoms. The van der Waals surface area contributed by atoms with Crippen LogP contribution in [0.1, 0.15) is 52.0 Å². The van der Waals surface area contributed by atoms with E-state index in [1.54, 1.807) is 36.4 Å². The van der Waals surface area contributed by atoms with Crippen molar-refractivity contribution in [3.05, 3.63) is 80.5 Å². The third-order valence-corrected chi connectivity index (χ3v) is 7.36. The van der Waals surface area contributed by atoms with Crippen LogP contribution in [-0.2, 0) is 28.4 Å². The zero-order valence-corrected chi connectivity index (χ0v) is 24.3. The third kappa shape index (κ3) is 5.95. The maximum Gasteiger partial charge on any atom is 0.338 e. The number of alkyl halides is 1. The quantitative estimate of drug-likeness (QED) is 0.279. The number of ether oxygens (including phenoxy) is 5. The van der Waals surface area contributed by atoms with Gasteiger partial charge < -0.3 is 29.0 Å². The number of benzene rings is 2. The van der Waals surface area contributed by atoms with Gasteiger partial charge in [0, 0.05) is 23.9 Å². The average molecular weight is 582 g/mol. The van der Waals surface area contributed by atoms with Gasteiger partial charge in [0.05, 0.1) is 40.0 Å². The second kappa shape index (κ2) is 13.0. The Morgan fingerprint density at radius 1 is 0.927 bits per heavy atom. The molecule has 3 aromatic rings. The molecule has 0 radical (unpaired) electrons. The Morgan fingerprint density at radius 2 is 1.61 bits per heavy atom. The molecule has 0 fully saturated rings. The van der Waals surface area contributed by atoms with Crippen LogP contribution in [0.15, 0.2) is 47.3 Å². The van der Waals surface area contributed by atoms with Crippen LogP contribution >= 0.6 is 11.6 Å². The molecule has 216 valence electrons. The lowest BCUT2D eigenvalue weighted by Gasteiger charge is -2.23. The van der Waals surface area contributed by atoms with Crippen LogP contribution in [0.2, 0.25) is 0 Å². The lowest BCUT2D eigenvalue weighted by molar-refractivity contribution is -0.119. The van der Waals surface area contributed by atoms with Gasteiger partial charge in [0.15, 0.2) is 17.2 Å². The summed E-state index contributed by atoms with van der Waals surface area (Å²) in [5, 5.41) is 2.97. The Kier molecular flexibility index (Phi) is 9.39. The molecule has 0 unspecified atom stereocenters. The van der Waals surface area contributed by atoms with E-state index >= 15 is 0 Å².